The fraction of sp³-hybridized carbons (Fsp3) is 0.333. The van der Waals surface area contributed by atoms with E-state index in [0.29, 0.717) is 0 Å². The van der Waals surface area contributed by atoms with Gasteiger partial charge in [0.2, 0.25) is 0 Å². The Balaban J connectivity index is 1.98. The maximum Gasteiger partial charge on any atom is 0.260 e. The molecule has 0 aliphatic carbocycles. The van der Waals surface area contributed by atoms with Crippen molar-refractivity contribution in [1.29, 1.82) is 0 Å². The van der Waals surface area contributed by atoms with Crippen molar-refractivity contribution in [3.63, 3.8) is 0 Å². The number of carbonyl (C=O) groups excluding carboxylic acids is 1. The van der Waals surface area contributed by atoms with Gasteiger partial charge in [-0.15, -0.1) is 0 Å². The molecule has 1 heterocycles. The molecule has 1 fully saturated rings. The third-order valence-corrected chi connectivity index (χ3v) is 5.46. The molecule has 130 valence electrons. The van der Waals surface area contributed by atoms with Crippen molar-refractivity contribution in [1.82, 2.24) is 4.90 Å². The number of nitrogens with zero attached hydrogens (tertiary/aromatic N) is 2. The number of amides is 1. The molecule has 0 aromatic heterocycles. The SMILES string of the molecule is CC[C@H]1CSC(=Nc2cccc(C)c2)N1C(=O)c1cc(C)cc(C)c1. The number of benzene rings is 2. The Bertz CT molecular complexity index is 808. The monoisotopic (exact) mass is 352 g/mol. The zero-order valence-corrected chi connectivity index (χ0v) is 16.1. The molecule has 1 aliphatic heterocycles. The van der Waals surface area contributed by atoms with Crippen LogP contribution in [-0.2, 0) is 0 Å². The number of amidine groups is 1. The van der Waals surface area contributed by atoms with Gasteiger partial charge in [0, 0.05) is 17.4 Å². The Kier molecular flexibility index (Phi) is 5.28. The Labute approximate surface area is 154 Å². The summed E-state index contributed by atoms with van der Waals surface area (Å²) in [6.45, 7) is 8.24. The van der Waals surface area contributed by atoms with E-state index in [4.69, 9.17) is 4.99 Å². The fourth-order valence-electron chi connectivity index (χ4n) is 3.16. The first kappa shape index (κ1) is 17.7. The Morgan fingerprint density at radius 1 is 1.12 bits per heavy atom. The average Bonchev–Trinajstić information content (AvgIpc) is 2.96. The maximum absolute atomic E-state index is 13.2. The fourth-order valence-corrected chi connectivity index (χ4v) is 4.42. The topological polar surface area (TPSA) is 32.7 Å². The lowest BCUT2D eigenvalue weighted by Crippen LogP contribution is -2.39. The lowest BCUT2D eigenvalue weighted by atomic mass is 10.1. The standard InChI is InChI=1S/C21H24N2OS/c1-5-19-13-25-21(22-18-8-6-7-14(2)12-18)23(19)20(24)17-10-15(3)9-16(4)11-17/h6-12,19H,5,13H2,1-4H3/t19-/m0/s1. The molecule has 1 amide bonds. The summed E-state index contributed by atoms with van der Waals surface area (Å²) >= 11 is 1.67. The summed E-state index contributed by atoms with van der Waals surface area (Å²) < 4.78 is 0. The molecule has 0 saturated carbocycles. The molecule has 1 atom stereocenters. The van der Waals surface area contributed by atoms with Crippen LogP contribution in [0.4, 0.5) is 5.69 Å². The lowest BCUT2D eigenvalue weighted by molar-refractivity contribution is 0.0819. The molecule has 2 aromatic rings. The molecule has 0 spiro atoms. The van der Waals surface area contributed by atoms with Crippen molar-refractivity contribution in [2.24, 2.45) is 4.99 Å². The highest BCUT2D eigenvalue weighted by atomic mass is 32.2. The molecule has 0 unspecified atom stereocenters. The van der Waals surface area contributed by atoms with Crippen LogP contribution in [0.3, 0.4) is 0 Å². The summed E-state index contributed by atoms with van der Waals surface area (Å²) in [5, 5.41) is 0.807. The Hall–Kier alpha value is -2.07. The van der Waals surface area contributed by atoms with E-state index in [-0.39, 0.29) is 11.9 Å². The highest BCUT2D eigenvalue weighted by Crippen LogP contribution is 2.30. The van der Waals surface area contributed by atoms with Crippen LogP contribution in [0.5, 0.6) is 0 Å². The van der Waals surface area contributed by atoms with Crippen LogP contribution in [0.2, 0.25) is 0 Å². The minimum Gasteiger partial charge on any atom is -0.283 e. The number of rotatable bonds is 3. The van der Waals surface area contributed by atoms with Gasteiger partial charge in [0.15, 0.2) is 5.17 Å². The zero-order chi connectivity index (χ0) is 18.0. The van der Waals surface area contributed by atoms with Gasteiger partial charge < -0.3 is 0 Å². The Morgan fingerprint density at radius 2 is 1.84 bits per heavy atom. The molecule has 1 saturated heterocycles. The van der Waals surface area contributed by atoms with Gasteiger partial charge in [0.1, 0.15) is 0 Å². The Morgan fingerprint density at radius 3 is 2.48 bits per heavy atom. The lowest BCUT2D eigenvalue weighted by Gasteiger charge is -2.23. The van der Waals surface area contributed by atoms with E-state index in [0.717, 1.165) is 39.7 Å². The number of thioether (sulfide) groups is 1. The molecule has 3 rings (SSSR count). The van der Waals surface area contributed by atoms with Crippen LogP contribution in [-0.4, -0.2) is 27.8 Å². The summed E-state index contributed by atoms with van der Waals surface area (Å²) in [5.74, 6) is 0.951. The first-order valence-corrected chi connectivity index (χ1v) is 9.66. The number of carbonyl (C=O) groups is 1. The van der Waals surface area contributed by atoms with E-state index in [1.165, 1.54) is 5.56 Å². The number of aryl methyl sites for hydroxylation is 3. The molecule has 3 nitrogen and oxygen atoms in total. The second-order valence-electron chi connectivity index (χ2n) is 6.66. The van der Waals surface area contributed by atoms with Crippen LogP contribution in [0.15, 0.2) is 47.5 Å². The third-order valence-electron chi connectivity index (χ3n) is 4.36. The molecular weight excluding hydrogens is 328 g/mol. The van der Waals surface area contributed by atoms with Crippen LogP contribution < -0.4 is 0 Å². The predicted octanol–water partition coefficient (Wildman–Crippen LogP) is 5.27. The molecular formula is C21H24N2OS. The molecule has 1 aliphatic rings. The van der Waals surface area contributed by atoms with E-state index in [1.54, 1.807) is 11.8 Å². The maximum atomic E-state index is 13.2. The second kappa shape index (κ2) is 7.44. The number of hydrogen-bond acceptors (Lipinski definition) is 3. The molecule has 4 heteroatoms. The van der Waals surface area contributed by atoms with Gasteiger partial charge in [0.25, 0.3) is 5.91 Å². The average molecular weight is 353 g/mol. The summed E-state index contributed by atoms with van der Waals surface area (Å²) in [6.07, 6.45) is 0.927. The van der Waals surface area contributed by atoms with E-state index < -0.39 is 0 Å². The van der Waals surface area contributed by atoms with E-state index in [2.05, 4.69) is 26.0 Å². The number of hydrogen-bond donors (Lipinski definition) is 0. The van der Waals surface area contributed by atoms with Crippen LogP contribution in [0.1, 0.15) is 40.4 Å². The molecule has 0 radical (unpaired) electrons. The van der Waals surface area contributed by atoms with Gasteiger partial charge in [-0.05, 0) is 57.0 Å². The quantitative estimate of drug-likeness (QED) is 0.754. The van der Waals surface area contributed by atoms with Gasteiger partial charge in [-0.1, -0.05) is 48.0 Å². The first-order valence-electron chi connectivity index (χ1n) is 8.68. The predicted molar refractivity (Wildman–Crippen MR) is 107 cm³/mol. The first-order chi connectivity index (χ1) is 12.0. The van der Waals surface area contributed by atoms with E-state index in [1.807, 2.05) is 49.1 Å². The summed E-state index contributed by atoms with van der Waals surface area (Å²) in [4.78, 5) is 19.9. The minimum absolute atomic E-state index is 0.0510. The van der Waals surface area contributed by atoms with Gasteiger partial charge >= 0.3 is 0 Å². The van der Waals surface area contributed by atoms with Gasteiger partial charge in [-0.3, -0.25) is 9.69 Å². The molecule has 25 heavy (non-hydrogen) atoms. The largest absolute Gasteiger partial charge is 0.283 e. The zero-order valence-electron chi connectivity index (χ0n) is 15.2. The van der Waals surface area contributed by atoms with Crippen molar-refractivity contribution < 1.29 is 4.79 Å². The highest BCUT2D eigenvalue weighted by molar-refractivity contribution is 8.14. The normalized spacial score (nSPS) is 18.8. The van der Waals surface area contributed by atoms with Crippen LogP contribution >= 0.6 is 11.8 Å². The summed E-state index contributed by atoms with van der Waals surface area (Å²) in [6, 6.07) is 14.3. The van der Waals surface area contributed by atoms with E-state index in [9.17, 15) is 4.79 Å². The van der Waals surface area contributed by atoms with Crippen LogP contribution in [0.25, 0.3) is 0 Å². The van der Waals surface area contributed by atoms with Crippen molar-refractivity contribution in [3.05, 3.63) is 64.7 Å². The van der Waals surface area contributed by atoms with Crippen molar-refractivity contribution in [2.75, 3.05) is 5.75 Å². The molecule has 2 aromatic carbocycles. The molecule has 0 bridgehead atoms. The number of aliphatic imine (C=N–C) groups is 1. The smallest absolute Gasteiger partial charge is 0.260 e. The second-order valence-corrected chi connectivity index (χ2v) is 7.65. The van der Waals surface area contributed by atoms with Gasteiger partial charge in [-0.2, -0.15) is 0 Å². The van der Waals surface area contributed by atoms with Gasteiger partial charge in [0.05, 0.1) is 5.69 Å². The van der Waals surface area contributed by atoms with E-state index >= 15 is 0 Å². The van der Waals surface area contributed by atoms with Gasteiger partial charge in [-0.25, -0.2) is 4.99 Å². The van der Waals surface area contributed by atoms with Crippen molar-refractivity contribution in [2.45, 2.75) is 40.2 Å². The van der Waals surface area contributed by atoms with Crippen molar-refractivity contribution >= 4 is 28.5 Å². The molecule has 0 N–H and O–H groups in total. The van der Waals surface area contributed by atoms with Crippen molar-refractivity contribution in [3.8, 4) is 0 Å². The third kappa shape index (κ3) is 3.96. The summed E-state index contributed by atoms with van der Waals surface area (Å²) in [5.41, 5.74) is 5.04. The summed E-state index contributed by atoms with van der Waals surface area (Å²) in [7, 11) is 0. The van der Waals surface area contributed by atoms with Crippen LogP contribution in [0, 0.1) is 20.8 Å². The minimum atomic E-state index is 0.0510. The highest BCUT2D eigenvalue weighted by Gasteiger charge is 2.34.